The summed E-state index contributed by atoms with van der Waals surface area (Å²) in [7, 11) is -3.31. The monoisotopic (exact) mass is 344 g/mol. The van der Waals surface area contributed by atoms with Crippen molar-refractivity contribution < 1.29 is 17.6 Å². The van der Waals surface area contributed by atoms with E-state index >= 15 is 0 Å². The Morgan fingerprint density at radius 3 is 2.39 bits per heavy atom. The van der Waals surface area contributed by atoms with Gasteiger partial charge in [-0.15, -0.1) is 0 Å². The van der Waals surface area contributed by atoms with E-state index in [1.54, 1.807) is 12.1 Å². The second-order valence-corrected chi connectivity index (χ2v) is 7.97. The van der Waals surface area contributed by atoms with E-state index < -0.39 is 10.0 Å². The summed E-state index contributed by atoms with van der Waals surface area (Å²) in [5, 5.41) is 2.75. The molecule has 0 saturated carbocycles. The van der Waals surface area contributed by atoms with Gasteiger partial charge in [-0.05, 0) is 30.0 Å². The third kappa shape index (κ3) is 8.08. The highest BCUT2D eigenvalue weighted by Crippen LogP contribution is 2.06. The van der Waals surface area contributed by atoms with Gasteiger partial charge < -0.3 is 5.32 Å². The lowest BCUT2D eigenvalue weighted by Gasteiger charge is -2.21. The van der Waals surface area contributed by atoms with Gasteiger partial charge in [0.2, 0.25) is 15.9 Å². The molecule has 0 unspecified atom stereocenters. The van der Waals surface area contributed by atoms with Crippen molar-refractivity contribution in [1.29, 1.82) is 0 Å². The van der Waals surface area contributed by atoms with Crippen LogP contribution in [0.25, 0.3) is 0 Å². The number of benzene rings is 1. The Morgan fingerprint density at radius 1 is 1.26 bits per heavy atom. The van der Waals surface area contributed by atoms with Gasteiger partial charge in [0.15, 0.2) is 0 Å². The second kappa shape index (κ2) is 8.98. The normalized spacial score (nSPS) is 11.9. The molecule has 5 nitrogen and oxygen atoms in total. The van der Waals surface area contributed by atoms with E-state index in [9.17, 15) is 17.6 Å². The second-order valence-electron chi connectivity index (χ2n) is 5.99. The number of carbonyl (C=O) groups excluding carboxylic acids is 1. The fourth-order valence-electron chi connectivity index (χ4n) is 2.11. The van der Waals surface area contributed by atoms with Gasteiger partial charge >= 0.3 is 0 Å². The summed E-state index contributed by atoms with van der Waals surface area (Å²) in [4.78, 5) is 11.8. The van der Waals surface area contributed by atoms with Crippen molar-refractivity contribution in [3.8, 4) is 0 Å². The molecule has 1 rings (SSSR count). The summed E-state index contributed by atoms with van der Waals surface area (Å²) in [5.41, 5.74) is 0.935. The first-order valence-corrected chi connectivity index (χ1v) is 9.49. The number of amides is 1. The summed E-state index contributed by atoms with van der Waals surface area (Å²) in [6, 6.07) is 6.12. The van der Waals surface area contributed by atoms with Crippen molar-refractivity contribution in [3.05, 3.63) is 35.6 Å². The summed E-state index contributed by atoms with van der Waals surface area (Å²) < 4.78 is 37.4. The number of rotatable bonds is 9. The summed E-state index contributed by atoms with van der Waals surface area (Å²) in [6.45, 7) is 4.89. The Labute approximate surface area is 137 Å². The molecule has 0 bridgehead atoms. The van der Waals surface area contributed by atoms with Crippen LogP contribution in [0.5, 0.6) is 0 Å². The van der Waals surface area contributed by atoms with Crippen LogP contribution in [0.3, 0.4) is 0 Å². The highest BCUT2D eigenvalue weighted by atomic mass is 32.2. The maximum atomic E-state index is 12.8. The molecule has 0 aliphatic heterocycles. The van der Waals surface area contributed by atoms with E-state index in [4.69, 9.17) is 0 Å². The lowest BCUT2D eigenvalue weighted by molar-refractivity contribution is -0.121. The zero-order chi connectivity index (χ0) is 17.5. The van der Waals surface area contributed by atoms with Crippen LogP contribution in [0.4, 0.5) is 4.39 Å². The van der Waals surface area contributed by atoms with Gasteiger partial charge in [0, 0.05) is 26.1 Å². The van der Waals surface area contributed by atoms with Crippen LogP contribution in [0.2, 0.25) is 0 Å². The van der Waals surface area contributed by atoms with Crippen molar-refractivity contribution in [1.82, 2.24) is 9.62 Å². The third-order valence-corrected chi connectivity index (χ3v) is 4.54. The Kier molecular flexibility index (Phi) is 7.64. The fourth-order valence-corrected chi connectivity index (χ4v) is 3.10. The smallest absolute Gasteiger partial charge is 0.221 e. The molecule has 7 heteroatoms. The van der Waals surface area contributed by atoms with Crippen LogP contribution < -0.4 is 5.32 Å². The van der Waals surface area contributed by atoms with Gasteiger partial charge in [0.1, 0.15) is 5.82 Å². The van der Waals surface area contributed by atoms with Crippen LogP contribution in [-0.4, -0.2) is 44.5 Å². The Balaban J connectivity index is 2.36. The van der Waals surface area contributed by atoms with Gasteiger partial charge in [-0.25, -0.2) is 17.1 Å². The van der Waals surface area contributed by atoms with Crippen LogP contribution in [0, 0.1) is 11.7 Å². The predicted octanol–water partition coefficient (Wildman–Crippen LogP) is 1.79. The van der Waals surface area contributed by atoms with E-state index in [1.165, 1.54) is 16.4 Å². The zero-order valence-electron chi connectivity index (χ0n) is 13.9. The summed E-state index contributed by atoms with van der Waals surface area (Å²) in [5.74, 6) is -0.278. The minimum atomic E-state index is -3.31. The molecular weight excluding hydrogens is 319 g/mol. The molecule has 0 aromatic heterocycles. The highest BCUT2D eigenvalue weighted by molar-refractivity contribution is 7.88. The molecule has 0 aliphatic carbocycles. The van der Waals surface area contributed by atoms with E-state index in [0.717, 1.165) is 11.8 Å². The number of sulfonamides is 1. The average molecular weight is 344 g/mol. The third-order valence-electron chi connectivity index (χ3n) is 3.28. The van der Waals surface area contributed by atoms with Crippen LogP contribution in [0.1, 0.15) is 25.8 Å². The number of hydrogen-bond donors (Lipinski definition) is 1. The number of hydrogen-bond acceptors (Lipinski definition) is 3. The van der Waals surface area contributed by atoms with Crippen LogP contribution in [0.15, 0.2) is 24.3 Å². The topological polar surface area (TPSA) is 66.5 Å². The van der Waals surface area contributed by atoms with Gasteiger partial charge in [-0.2, -0.15) is 0 Å². The molecule has 23 heavy (non-hydrogen) atoms. The Hall–Kier alpha value is -1.47. The van der Waals surface area contributed by atoms with E-state index in [1.807, 2.05) is 13.8 Å². The molecular formula is C16H25FN2O3S. The molecule has 0 atom stereocenters. The quantitative estimate of drug-likeness (QED) is 0.743. The predicted molar refractivity (Wildman–Crippen MR) is 89.0 cm³/mol. The molecule has 0 saturated heterocycles. The minimum absolute atomic E-state index is 0.128. The molecule has 1 aromatic carbocycles. The Bertz CT molecular complexity index is 600. The van der Waals surface area contributed by atoms with Gasteiger partial charge in [-0.1, -0.05) is 26.0 Å². The van der Waals surface area contributed by atoms with Gasteiger partial charge in [-0.3, -0.25) is 4.79 Å². The first-order chi connectivity index (χ1) is 10.7. The van der Waals surface area contributed by atoms with Gasteiger partial charge in [0.25, 0.3) is 0 Å². The molecule has 1 aromatic rings. The minimum Gasteiger partial charge on any atom is -0.356 e. The van der Waals surface area contributed by atoms with Crippen molar-refractivity contribution in [2.24, 2.45) is 5.92 Å². The maximum Gasteiger partial charge on any atom is 0.221 e. The molecule has 0 fully saturated rings. The molecule has 0 heterocycles. The molecule has 1 amide bonds. The fraction of sp³-hybridized carbons (Fsp3) is 0.562. The summed E-state index contributed by atoms with van der Waals surface area (Å²) >= 11 is 0. The van der Waals surface area contributed by atoms with Crippen molar-refractivity contribution in [2.75, 3.05) is 25.9 Å². The molecule has 1 N–H and O–H groups in total. The molecule has 130 valence electrons. The Morgan fingerprint density at radius 2 is 1.87 bits per heavy atom. The standard InChI is InChI=1S/C16H25FN2O3S/c1-13(2)12-19(23(3,21)22)11-9-16(20)18-10-8-14-4-6-15(17)7-5-14/h4-7,13H,8-12H2,1-3H3,(H,18,20). The van der Waals surface area contributed by atoms with Crippen LogP contribution in [-0.2, 0) is 21.2 Å². The first kappa shape index (κ1) is 19.6. The maximum absolute atomic E-state index is 12.8. The van der Waals surface area contributed by atoms with Gasteiger partial charge in [0.05, 0.1) is 6.26 Å². The first-order valence-electron chi connectivity index (χ1n) is 7.64. The number of carbonyl (C=O) groups is 1. The molecule has 0 radical (unpaired) electrons. The zero-order valence-corrected chi connectivity index (χ0v) is 14.7. The van der Waals surface area contributed by atoms with Crippen LogP contribution >= 0.6 is 0 Å². The summed E-state index contributed by atoms with van der Waals surface area (Å²) in [6.07, 6.45) is 1.89. The van der Waals surface area contributed by atoms with Crippen molar-refractivity contribution >= 4 is 15.9 Å². The molecule has 0 aliphatic rings. The van der Waals surface area contributed by atoms with Crippen molar-refractivity contribution in [3.63, 3.8) is 0 Å². The largest absolute Gasteiger partial charge is 0.356 e. The number of nitrogens with one attached hydrogen (secondary N) is 1. The average Bonchev–Trinajstić information content (AvgIpc) is 2.44. The lowest BCUT2D eigenvalue weighted by atomic mass is 10.1. The van der Waals surface area contributed by atoms with Crippen molar-refractivity contribution in [2.45, 2.75) is 26.7 Å². The SMILES string of the molecule is CC(C)CN(CCC(=O)NCCc1ccc(F)cc1)S(C)(=O)=O. The van der Waals surface area contributed by atoms with E-state index in [-0.39, 0.29) is 30.6 Å². The highest BCUT2D eigenvalue weighted by Gasteiger charge is 2.18. The van der Waals surface area contributed by atoms with E-state index in [2.05, 4.69) is 5.32 Å². The number of nitrogens with zero attached hydrogens (tertiary/aromatic N) is 1. The van der Waals surface area contributed by atoms with E-state index in [0.29, 0.717) is 19.5 Å². The number of halogens is 1. The lowest BCUT2D eigenvalue weighted by Crippen LogP contribution is -2.37. The molecule has 0 spiro atoms.